The Hall–Kier alpha value is -1.99. The Balaban J connectivity index is 1.40. The first-order valence-electron chi connectivity index (χ1n) is 9.20. The molecule has 5 heterocycles. The maximum Gasteiger partial charge on any atom is 0.225 e. The summed E-state index contributed by atoms with van der Waals surface area (Å²) >= 11 is 0. The Morgan fingerprint density at radius 3 is 2.88 bits per heavy atom. The molecule has 25 heavy (non-hydrogen) atoms. The van der Waals surface area contributed by atoms with Gasteiger partial charge in [-0.05, 0) is 12.8 Å². The second kappa shape index (κ2) is 6.07. The van der Waals surface area contributed by atoms with Gasteiger partial charge in [-0.3, -0.25) is 9.58 Å². The molecule has 0 radical (unpaired) electrons. The zero-order valence-corrected chi connectivity index (χ0v) is 14.6. The largest absolute Gasteiger partial charge is 0.378 e. The van der Waals surface area contributed by atoms with Crippen LogP contribution in [-0.4, -0.2) is 57.0 Å². The highest BCUT2D eigenvalue weighted by atomic mass is 16.5. The SMILES string of the molecule is Cn1cc(CN2[C@H]3CC[C@@H]2c2cnc(N4CCOCC4)nc2C3)cn1. The first-order valence-corrected chi connectivity index (χ1v) is 9.20. The molecule has 0 N–H and O–H groups in total. The van der Waals surface area contributed by atoms with E-state index in [4.69, 9.17) is 14.7 Å². The molecule has 0 spiro atoms. The topological polar surface area (TPSA) is 59.3 Å². The van der Waals surface area contributed by atoms with Crippen molar-refractivity contribution in [2.75, 3.05) is 31.2 Å². The Labute approximate surface area is 147 Å². The van der Waals surface area contributed by atoms with Crippen LogP contribution >= 0.6 is 0 Å². The van der Waals surface area contributed by atoms with E-state index < -0.39 is 0 Å². The van der Waals surface area contributed by atoms with Gasteiger partial charge in [-0.2, -0.15) is 5.10 Å². The molecule has 2 fully saturated rings. The van der Waals surface area contributed by atoms with E-state index in [-0.39, 0.29) is 0 Å². The molecule has 7 nitrogen and oxygen atoms in total. The molecule has 2 saturated heterocycles. The number of hydrogen-bond donors (Lipinski definition) is 0. The summed E-state index contributed by atoms with van der Waals surface area (Å²) < 4.78 is 7.32. The van der Waals surface area contributed by atoms with E-state index >= 15 is 0 Å². The van der Waals surface area contributed by atoms with E-state index in [9.17, 15) is 0 Å². The zero-order chi connectivity index (χ0) is 16.8. The average Bonchev–Trinajstić information content (AvgIpc) is 3.17. The summed E-state index contributed by atoms with van der Waals surface area (Å²) in [6.07, 6.45) is 9.66. The highest BCUT2D eigenvalue weighted by Crippen LogP contribution is 2.43. The fourth-order valence-corrected chi connectivity index (χ4v) is 4.49. The lowest BCUT2D eigenvalue weighted by molar-refractivity contribution is 0.122. The number of ether oxygens (including phenoxy) is 1. The standard InChI is InChI=1S/C18H24N6O/c1-22-11-13(9-20-22)12-24-14-2-3-17(24)15-10-19-18(21-16(15)8-14)23-4-6-25-7-5-23/h9-11,14,17H,2-8,12H2,1H3/t14-,17+/m0/s1. The molecule has 0 unspecified atom stereocenters. The summed E-state index contributed by atoms with van der Waals surface area (Å²) in [5.41, 5.74) is 3.87. The minimum absolute atomic E-state index is 0.452. The second-order valence-corrected chi connectivity index (χ2v) is 7.32. The number of fused-ring (bicyclic) bond motifs is 4. The van der Waals surface area contributed by atoms with E-state index in [1.54, 1.807) is 0 Å². The molecule has 2 aromatic rings. The van der Waals surface area contributed by atoms with Gasteiger partial charge in [-0.1, -0.05) is 0 Å². The van der Waals surface area contributed by atoms with Gasteiger partial charge in [0.2, 0.25) is 5.95 Å². The van der Waals surface area contributed by atoms with Crippen molar-refractivity contribution in [2.45, 2.75) is 37.9 Å². The third kappa shape index (κ3) is 2.71. The monoisotopic (exact) mass is 340 g/mol. The molecule has 132 valence electrons. The molecule has 2 atom stereocenters. The van der Waals surface area contributed by atoms with Gasteiger partial charge in [0.15, 0.2) is 0 Å². The fraction of sp³-hybridized carbons (Fsp3) is 0.611. The predicted molar refractivity (Wildman–Crippen MR) is 93.3 cm³/mol. The molecule has 3 aliphatic rings. The molecule has 0 amide bonds. The van der Waals surface area contributed by atoms with Crippen LogP contribution in [0.2, 0.25) is 0 Å². The van der Waals surface area contributed by atoms with Gasteiger partial charge >= 0.3 is 0 Å². The molecule has 2 bridgehead atoms. The van der Waals surface area contributed by atoms with Gasteiger partial charge in [0.05, 0.1) is 25.1 Å². The minimum atomic E-state index is 0.452. The van der Waals surface area contributed by atoms with Crippen molar-refractivity contribution in [3.05, 3.63) is 35.4 Å². The van der Waals surface area contributed by atoms with Crippen LogP contribution in [0.1, 0.15) is 35.7 Å². The normalized spacial score (nSPS) is 26.0. The Morgan fingerprint density at radius 2 is 2.08 bits per heavy atom. The van der Waals surface area contributed by atoms with Crippen molar-refractivity contribution in [1.29, 1.82) is 0 Å². The number of hydrogen-bond acceptors (Lipinski definition) is 6. The summed E-state index contributed by atoms with van der Waals surface area (Å²) in [5.74, 6) is 0.877. The molecule has 0 aromatic carbocycles. The van der Waals surface area contributed by atoms with Crippen LogP contribution in [0, 0.1) is 0 Å². The van der Waals surface area contributed by atoms with Gasteiger partial charge in [-0.15, -0.1) is 0 Å². The predicted octanol–water partition coefficient (Wildman–Crippen LogP) is 1.31. The summed E-state index contributed by atoms with van der Waals surface area (Å²) in [5, 5.41) is 4.31. The smallest absolute Gasteiger partial charge is 0.225 e. The Kier molecular flexibility index (Phi) is 3.71. The van der Waals surface area contributed by atoms with Gasteiger partial charge in [0, 0.05) is 68.7 Å². The fourth-order valence-electron chi connectivity index (χ4n) is 4.49. The zero-order valence-electron chi connectivity index (χ0n) is 14.6. The highest BCUT2D eigenvalue weighted by molar-refractivity contribution is 5.37. The van der Waals surface area contributed by atoms with Crippen molar-refractivity contribution in [3.63, 3.8) is 0 Å². The van der Waals surface area contributed by atoms with Crippen LogP contribution < -0.4 is 4.90 Å². The first kappa shape index (κ1) is 15.3. The third-order valence-corrected chi connectivity index (χ3v) is 5.74. The quantitative estimate of drug-likeness (QED) is 0.840. The summed E-state index contributed by atoms with van der Waals surface area (Å²) in [6.45, 7) is 4.28. The maximum atomic E-state index is 5.44. The van der Waals surface area contributed by atoms with Gasteiger partial charge < -0.3 is 9.64 Å². The van der Waals surface area contributed by atoms with E-state index in [0.29, 0.717) is 12.1 Å². The molecule has 5 rings (SSSR count). The average molecular weight is 340 g/mol. The van der Waals surface area contributed by atoms with Crippen LogP contribution in [0.3, 0.4) is 0 Å². The van der Waals surface area contributed by atoms with E-state index in [1.807, 2.05) is 17.9 Å². The molecule has 0 saturated carbocycles. The van der Waals surface area contributed by atoms with Crippen LogP contribution in [-0.2, 0) is 24.8 Å². The molecule has 2 aromatic heterocycles. The van der Waals surface area contributed by atoms with Crippen molar-refractivity contribution in [1.82, 2.24) is 24.6 Å². The Bertz CT molecular complexity index is 769. The summed E-state index contributed by atoms with van der Waals surface area (Å²) in [6, 6.07) is 1.04. The number of morpholine rings is 1. The van der Waals surface area contributed by atoms with Gasteiger partial charge in [-0.25, -0.2) is 9.97 Å². The molecule has 3 aliphatic heterocycles. The number of anilines is 1. The lowest BCUT2D eigenvalue weighted by atomic mass is 9.99. The van der Waals surface area contributed by atoms with E-state index in [2.05, 4.69) is 27.3 Å². The minimum Gasteiger partial charge on any atom is -0.378 e. The number of aromatic nitrogens is 4. The van der Waals surface area contributed by atoms with Crippen LogP contribution in [0.15, 0.2) is 18.6 Å². The van der Waals surface area contributed by atoms with Gasteiger partial charge in [0.25, 0.3) is 0 Å². The molecule has 7 heteroatoms. The van der Waals surface area contributed by atoms with Gasteiger partial charge in [0.1, 0.15) is 0 Å². The third-order valence-electron chi connectivity index (χ3n) is 5.74. The van der Waals surface area contributed by atoms with Crippen molar-refractivity contribution < 1.29 is 4.74 Å². The lowest BCUT2D eigenvalue weighted by Crippen LogP contribution is -2.40. The van der Waals surface area contributed by atoms with Crippen LogP contribution in [0.25, 0.3) is 0 Å². The van der Waals surface area contributed by atoms with Crippen molar-refractivity contribution in [2.24, 2.45) is 7.05 Å². The second-order valence-electron chi connectivity index (χ2n) is 7.32. The summed E-state index contributed by atoms with van der Waals surface area (Å²) in [7, 11) is 1.98. The van der Waals surface area contributed by atoms with E-state index in [0.717, 1.165) is 45.2 Å². The first-order chi connectivity index (χ1) is 12.3. The van der Waals surface area contributed by atoms with Crippen molar-refractivity contribution >= 4 is 5.95 Å². The lowest BCUT2D eigenvalue weighted by Gasteiger charge is -2.36. The maximum absolute atomic E-state index is 5.44. The molecular weight excluding hydrogens is 316 g/mol. The number of aryl methyl sites for hydroxylation is 1. The highest BCUT2D eigenvalue weighted by Gasteiger charge is 2.41. The van der Waals surface area contributed by atoms with Crippen LogP contribution in [0.5, 0.6) is 0 Å². The van der Waals surface area contributed by atoms with E-state index in [1.165, 1.54) is 29.7 Å². The Morgan fingerprint density at radius 1 is 1.20 bits per heavy atom. The summed E-state index contributed by atoms with van der Waals surface area (Å²) in [4.78, 5) is 14.5. The van der Waals surface area contributed by atoms with Crippen LogP contribution in [0.4, 0.5) is 5.95 Å². The number of rotatable bonds is 3. The molecular formula is C18H24N6O. The number of nitrogens with zero attached hydrogens (tertiary/aromatic N) is 6. The van der Waals surface area contributed by atoms with Crippen molar-refractivity contribution in [3.8, 4) is 0 Å². The molecule has 0 aliphatic carbocycles.